The van der Waals surface area contributed by atoms with E-state index in [0.717, 1.165) is 5.56 Å². The zero-order valence-electron chi connectivity index (χ0n) is 14.8. The third kappa shape index (κ3) is 4.35. The van der Waals surface area contributed by atoms with E-state index in [2.05, 4.69) is 20.2 Å². The molecule has 1 aromatic carbocycles. The average Bonchev–Trinajstić information content (AvgIpc) is 2.64. The lowest BCUT2D eigenvalue weighted by Gasteiger charge is -2.38. The smallest absolute Gasteiger partial charge is 0.194 e. The molecule has 1 aliphatic rings. The zero-order valence-corrected chi connectivity index (χ0v) is 14.8. The van der Waals surface area contributed by atoms with E-state index in [1.54, 1.807) is 31.4 Å². The van der Waals surface area contributed by atoms with Crippen molar-refractivity contribution in [2.75, 3.05) is 20.1 Å². The fourth-order valence-electron chi connectivity index (χ4n) is 3.03. The van der Waals surface area contributed by atoms with E-state index >= 15 is 0 Å². The SMILES string of the molecule is CN=C(NCc1ncccc1F)N1CC(C)OC(c2ccc(F)cc2)C1. The average molecular weight is 360 g/mol. The summed E-state index contributed by atoms with van der Waals surface area (Å²) in [4.78, 5) is 10.4. The number of ether oxygens (including phenoxy) is 1. The summed E-state index contributed by atoms with van der Waals surface area (Å²) in [5, 5.41) is 3.16. The van der Waals surface area contributed by atoms with Gasteiger partial charge in [0.25, 0.3) is 0 Å². The number of nitrogens with zero attached hydrogens (tertiary/aromatic N) is 3. The summed E-state index contributed by atoms with van der Waals surface area (Å²) in [5.41, 5.74) is 1.25. The minimum atomic E-state index is -0.352. The molecule has 0 saturated carbocycles. The molecule has 138 valence electrons. The van der Waals surface area contributed by atoms with Crippen LogP contribution in [-0.2, 0) is 11.3 Å². The molecular weight excluding hydrogens is 338 g/mol. The second kappa shape index (κ2) is 8.23. The van der Waals surface area contributed by atoms with Crippen LogP contribution in [0.2, 0.25) is 0 Å². The van der Waals surface area contributed by atoms with Crippen molar-refractivity contribution in [1.82, 2.24) is 15.2 Å². The molecule has 0 radical (unpaired) electrons. The predicted molar refractivity (Wildman–Crippen MR) is 95.7 cm³/mol. The van der Waals surface area contributed by atoms with Crippen molar-refractivity contribution >= 4 is 5.96 Å². The molecule has 26 heavy (non-hydrogen) atoms. The van der Waals surface area contributed by atoms with Gasteiger partial charge in [0.05, 0.1) is 24.9 Å². The number of aliphatic imine (C=N–C) groups is 1. The molecule has 1 fully saturated rings. The molecule has 1 N–H and O–H groups in total. The Labute approximate surface area is 151 Å². The van der Waals surface area contributed by atoms with Crippen molar-refractivity contribution in [3.05, 3.63) is 65.5 Å². The highest BCUT2D eigenvalue weighted by atomic mass is 19.1. The van der Waals surface area contributed by atoms with Crippen LogP contribution in [-0.4, -0.2) is 42.1 Å². The summed E-state index contributed by atoms with van der Waals surface area (Å²) >= 11 is 0. The van der Waals surface area contributed by atoms with E-state index in [9.17, 15) is 8.78 Å². The number of benzene rings is 1. The van der Waals surface area contributed by atoms with Gasteiger partial charge in [0.2, 0.25) is 0 Å². The highest BCUT2D eigenvalue weighted by Gasteiger charge is 2.28. The molecule has 1 aromatic heterocycles. The monoisotopic (exact) mass is 360 g/mol. The quantitative estimate of drug-likeness (QED) is 0.675. The van der Waals surface area contributed by atoms with Crippen LogP contribution in [0.1, 0.15) is 24.3 Å². The van der Waals surface area contributed by atoms with Gasteiger partial charge >= 0.3 is 0 Å². The van der Waals surface area contributed by atoms with Gasteiger partial charge in [-0.15, -0.1) is 0 Å². The number of rotatable bonds is 3. The molecule has 0 spiro atoms. The predicted octanol–water partition coefficient (Wildman–Crippen LogP) is 2.90. The Hall–Kier alpha value is -2.54. The van der Waals surface area contributed by atoms with E-state index in [1.165, 1.54) is 18.2 Å². The van der Waals surface area contributed by atoms with Crippen LogP contribution in [0.3, 0.4) is 0 Å². The van der Waals surface area contributed by atoms with E-state index in [1.807, 2.05) is 6.92 Å². The summed E-state index contributed by atoms with van der Waals surface area (Å²) in [6.45, 7) is 3.45. The number of halogens is 2. The molecule has 0 aliphatic carbocycles. The molecule has 7 heteroatoms. The highest BCUT2D eigenvalue weighted by molar-refractivity contribution is 5.80. The lowest BCUT2D eigenvalue weighted by molar-refractivity contribution is -0.0605. The summed E-state index contributed by atoms with van der Waals surface area (Å²) in [7, 11) is 1.68. The summed E-state index contributed by atoms with van der Waals surface area (Å²) in [5.74, 6) is 0.0247. The molecule has 2 heterocycles. The Balaban J connectivity index is 1.69. The Morgan fingerprint density at radius 3 is 2.73 bits per heavy atom. The van der Waals surface area contributed by atoms with Gasteiger partial charge < -0.3 is 15.0 Å². The first-order valence-electron chi connectivity index (χ1n) is 8.52. The van der Waals surface area contributed by atoms with E-state index in [-0.39, 0.29) is 30.4 Å². The van der Waals surface area contributed by atoms with Crippen molar-refractivity contribution in [3.8, 4) is 0 Å². The molecule has 0 bridgehead atoms. The van der Waals surface area contributed by atoms with Gasteiger partial charge in [0, 0.05) is 19.8 Å². The number of nitrogens with one attached hydrogen (secondary N) is 1. The van der Waals surface area contributed by atoms with Crippen LogP contribution < -0.4 is 5.32 Å². The number of pyridine rings is 1. The molecule has 1 saturated heterocycles. The third-order valence-corrected chi connectivity index (χ3v) is 4.26. The second-order valence-electron chi connectivity index (χ2n) is 6.22. The van der Waals surface area contributed by atoms with Crippen LogP contribution in [0.5, 0.6) is 0 Å². The maximum absolute atomic E-state index is 13.8. The van der Waals surface area contributed by atoms with Gasteiger partial charge in [0.15, 0.2) is 5.96 Å². The molecule has 5 nitrogen and oxygen atoms in total. The van der Waals surface area contributed by atoms with Gasteiger partial charge in [0.1, 0.15) is 17.7 Å². The minimum absolute atomic E-state index is 0.0241. The number of aromatic nitrogens is 1. The van der Waals surface area contributed by atoms with Gasteiger partial charge in [-0.05, 0) is 36.8 Å². The molecule has 2 unspecified atom stereocenters. The van der Waals surface area contributed by atoms with E-state index < -0.39 is 0 Å². The van der Waals surface area contributed by atoms with Gasteiger partial charge in [-0.25, -0.2) is 8.78 Å². The Morgan fingerprint density at radius 2 is 2.04 bits per heavy atom. The topological polar surface area (TPSA) is 49.8 Å². The van der Waals surface area contributed by atoms with Crippen LogP contribution >= 0.6 is 0 Å². The Bertz CT molecular complexity index is 766. The van der Waals surface area contributed by atoms with Crippen molar-refractivity contribution < 1.29 is 13.5 Å². The second-order valence-corrected chi connectivity index (χ2v) is 6.22. The Kier molecular flexibility index (Phi) is 5.78. The summed E-state index contributed by atoms with van der Waals surface area (Å²) in [6.07, 6.45) is 1.35. The molecule has 2 aromatic rings. The fourth-order valence-corrected chi connectivity index (χ4v) is 3.03. The largest absolute Gasteiger partial charge is 0.367 e. The number of hydrogen-bond acceptors (Lipinski definition) is 3. The maximum atomic E-state index is 13.8. The highest BCUT2D eigenvalue weighted by Crippen LogP contribution is 2.25. The van der Waals surface area contributed by atoms with E-state index in [4.69, 9.17) is 4.74 Å². The molecule has 2 atom stereocenters. The first kappa shape index (κ1) is 18.3. The summed E-state index contributed by atoms with van der Waals surface area (Å²) < 4.78 is 32.9. The zero-order chi connectivity index (χ0) is 18.5. The van der Waals surface area contributed by atoms with E-state index in [0.29, 0.717) is 24.7 Å². The third-order valence-electron chi connectivity index (χ3n) is 4.26. The Morgan fingerprint density at radius 1 is 1.27 bits per heavy atom. The van der Waals surface area contributed by atoms with Crippen LogP contribution in [0, 0.1) is 11.6 Å². The van der Waals surface area contributed by atoms with Crippen LogP contribution in [0.4, 0.5) is 8.78 Å². The lowest BCUT2D eigenvalue weighted by atomic mass is 10.1. The minimum Gasteiger partial charge on any atom is -0.367 e. The first-order chi connectivity index (χ1) is 12.6. The molecule has 3 rings (SSSR count). The maximum Gasteiger partial charge on any atom is 0.194 e. The molecule has 1 aliphatic heterocycles. The van der Waals surface area contributed by atoms with Crippen molar-refractivity contribution in [3.63, 3.8) is 0 Å². The first-order valence-corrected chi connectivity index (χ1v) is 8.52. The van der Waals surface area contributed by atoms with Crippen LogP contribution in [0.15, 0.2) is 47.6 Å². The number of hydrogen-bond donors (Lipinski definition) is 1. The van der Waals surface area contributed by atoms with Gasteiger partial charge in [-0.3, -0.25) is 9.98 Å². The lowest BCUT2D eigenvalue weighted by Crippen LogP contribution is -2.50. The number of morpholine rings is 1. The fraction of sp³-hybridized carbons (Fsp3) is 0.368. The van der Waals surface area contributed by atoms with Crippen molar-refractivity contribution in [2.45, 2.75) is 25.7 Å². The van der Waals surface area contributed by atoms with Crippen molar-refractivity contribution in [2.24, 2.45) is 4.99 Å². The normalized spacial score (nSPS) is 20.9. The standard InChI is InChI=1S/C19H22F2N4O/c1-13-11-25(12-18(26-13)14-5-7-15(20)8-6-14)19(22-2)24-10-17-16(21)4-3-9-23-17/h3-9,13,18H,10-12H2,1-2H3,(H,22,24). The van der Waals surface area contributed by atoms with Crippen LogP contribution in [0.25, 0.3) is 0 Å². The molecule has 0 amide bonds. The summed E-state index contributed by atoms with van der Waals surface area (Å²) in [6, 6.07) is 9.27. The number of guanidine groups is 1. The van der Waals surface area contributed by atoms with Crippen molar-refractivity contribution in [1.29, 1.82) is 0 Å². The molecular formula is C19H22F2N4O. The van der Waals surface area contributed by atoms with Gasteiger partial charge in [-0.1, -0.05) is 12.1 Å². The van der Waals surface area contributed by atoms with Gasteiger partial charge in [-0.2, -0.15) is 0 Å².